The first-order valence-corrected chi connectivity index (χ1v) is 6.88. The highest BCUT2D eigenvalue weighted by molar-refractivity contribution is 7.15. The third-order valence-electron chi connectivity index (χ3n) is 2.99. The number of nitrogens with zero attached hydrogens (tertiary/aromatic N) is 2. The van der Waals surface area contributed by atoms with E-state index in [1.165, 1.54) is 42.2 Å². The van der Waals surface area contributed by atoms with Crippen LogP contribution in [0, 0.1) is 0 Å². The summed E-state index contributed by atoms with van der Waals surface area (Å²) in [5.74, 6) is 0.0375. The molecule has 1 aliphatic carbocycles. The van der Waals surface area contributed by atoms with Crippen LogP contribution < -0.4 is 10.1 Å². The Labute approximate surface area is 113 Å². The molecule has 0 spiro atoms. The number of rotatable bonds is 3. The van der Waals surface area contributed by atoms with E-state index in [-0.39, 0.29) is 17.5 Å². The lowest BCUT2D eigenvalue weighted by atomic mass is 10.0. The lowest BCUT2D eigenvalue weighted by molar-refractivity contribution is 0.0987. The molecule has 7 heteroatoms. The molecule has 1 aliphatic rings. The summed E-state index contributed by atoms with van der Waals surface area (Å²) >= 11 is 1.53. The van der Waals surface area contributed by atoms with E-state index in [0.717, 1.165) is 18.5 Å². The van der Waals surface area contributed by atoms with Gasteiger partial charge in [-0.1, -0.05) is 0 Å². The zero-order valence-corrected chi connectivity index (χ0v) is 11.2. The van der Waals surface area contributed by atoms with E-state index in [0.29, 0.717) is 5.13 Å². The maximum Gasteiger partial charge on any atom is 0.296 e. The number of aryl methyl sites for hydroxylation is 2. The van der Waals surface area contributed by atoms with Crippen molar-refractivity contribution in [2.75, 3.05) is 12.4 Å². The topological polar surface area (TPSA) is 77.2 Å². The quantitative estimate of drug-likeness (QED) is 0.932. The van der Waals surface area contributed by atoms with Gasteiger partial charge in [-0.15, -0.1) is 11.3 Å². The number of aromatic nitrogens is 2. The van der Waals surface area contributed by atoms with Crippen LogP contribution in [-0.4, -0.2) is 23.2 Å². The Morgan fingerprint density at radius 2 is 2.32 bits per heavy atom. The molecule has 0 saturated carbocycles. The lowest BCUT2D eigenvalue weighted by Gasteiger charge is -2.06. The minimum Gasteiger partial charge on any atom is -0.479 e. The van der Waals surface area contributed by atoms with Gasteiger partial charge in [0.2, 0.25) is 5.76 Å². The lowest BCUT2D eigenvalue weighted by Crippen LogP contribution is -2.10. The van der Waals surface area contributed by atoms with Gasteiger partial charge in [-0.3, -0.25) is 10.1 Å². The summed E-state index contributed by atoms with van der Waals surface area (Å²) in [5.41, 5.74) is 1.11. The number of hydrogen-bond acceptors (Lipinski definition) is 6. The molecule has 0 atom stereocenters. The van der Waals surface area contributed by atoms with Gasteiger partial charge in [-0.2, -0.15) is 0 Å². The molecule has 0 fully saturated rings. The number of thiazole rings is 1. The van der Waals surface area contributed by atoms with E-state index < -0.39 is 0 Å². The van der Waals surface area contributed by atoms with Crippen LogP contribution >= 0.6 is 11.3 Å². The maximum absolute atomic E-state index is 11.9. The molecule has 0 saturated heterocycles. The molecular formula is C12H13N3O3S. The van der Waals surface area contributed by atoms with E-state index in [4.69, 9.17) is 9.26 Å². The van der Waals surface area contributed by atoms with Gasteiger partial charge in [0.25, 0.3) is 11.8 Å². The number of ether oxygens (including phenoxy) is 1. The monoisotopic (exact) mass is 279 g/mol. The second-order valence-corrected chi connectivity index (χ2v) is 5.37. The van der Waals surface area contributed by atoms with Crippen molar-refractivity contribution >= 4 is 22.4 Å². The molecule has 1 amide bonds. The number of fused-ring (bicyclic) bond motifs is 1. The largest absolute Gasteiger partial charge is 0.479 e. The van der Waals surface area contributed by atoms with Gasteiger partial charge in [0.15, 0.2) is 5.13 Å². The molecule has 0 aromatic carbocycles. The first kappa shape index (κ1) is 12.2. The zero-order valence-electron chi connectivity index (χ0n) is 10.4. The molecule has 1 N–H and O–H groups in total. The number of amides is 1. The number of carbonyl (C=O) groups is 1. The van der Waals surface area contributed by atoms with E-state index >= 15 is 0 Å². The SMILES string of the molecule is COc1cc(C(=O)Nc2nc3c(s2)CCCC3)on1. The van der Waals surface area contributed by atoms with E-state index in [1.54, 1.807) is 0 Å². The molecule has 2 heterocycles. The number of nitrogens with one attached hydrogen (secondary N) is 1. The first-order chi connectivity index (χ1) is 9.26. The van der Waals surface area contributed by atoms with Gasteiger partial charge in [-0.05, 0) is 30.8 Å². The van der Waals surface area contributed by atoms with Crippen LogP contribution in [0.1, 0.15) is 34.0 Å². The highest BCUT2D eigenvalue weighted by atomic mass is 32.1. The first-order valence-electron chi connectivity index (χ1n) is 6.07. The summed E-state index contributed by atoms with van der Waals surface area (Å²) in [6.07, 6.45) is 4.42. The van der Waals surface area contributed by atoms with Crippen LogP contribution in [0.3, 0.4) is 0 Å². The van der Waals surface area contributed by atoms with Crippen molar-refractivity contribution in [3.63, 3.8) is 0 Å². The van der Waals surface area contributed by atoms with Crippen molar-refractivity contribution in [3.05, 3.63) is 22.4 Å². The Morgan fingerprint density at radius 1 is 1.47 bits per heavy atom. The standard InChI is InChI=1S/C12H13N3O3S/c1-17-10-6-8(18-15-10)11(16)14-12-13-7-4-2-3-5-9(7)19-12/h6H,2-5H2,1H3,(H,13,14,16). The van der Waals surface area contributed by atoms with Gasteiger partial charge in [0.1, 0.15) is 0 Å². The number of anilines is 1. The normalized spacial score (nSPS) is 13.9. The van der Waals surface area contributed by atoms with Crippen molar-refractivity contribution in [2.45, 2.75) is 25.7 Å². The molecule has 6 nitrogen and oxygen atoms in total. The zero-order chi connectivity index (χ0) is 13.2. The predicted octanol–water partition coefficient (Wildman–Crippen LogP) is 2.27. The van der Waals surface area contributed by atoms with Crippen LogP contribution in [0.25, 0.3) is 0 Å². The Kier molecular flexibility index (Phi) is 3.20. The second kappa shape index (κ2) is 5.00. The second-order valence-electron chi connectivity index (χ2n) is 4.28. The van der Waals surface area contributed by atoms with Gasteiger partial charge in [0, 0.05) is 4.88 Å². The molecule has 0 aliphatic heterocycles. The average molecular weight is 279 g/mol. The van der Waals surface area contributed by atoms with Gasteiger partial charge >= 0.3 is 0 Å². The molecule has 0 radical (unpaired) electrons. The van der Waals surface area contributed by atoms with Crippen LogP contribution in [0.2, 0.25) is 0 Å². The smallest absolute Gasteiger partial charge is 0.296 e. The summed E-state index contributed by atoms with van der Waals surface area (Å²) in [6.45, 7) is 0. The molecule has 2 aromatic heterocycles. The predicted molar refractivity (Wildman–Crippen MR) is 69.8 cm³/mol. The highest BCUT2D eigenvalue weighted by Crippen LogP contribution is 2.29. The van der Waals surface area contributed by atoms with Crippen molar-refractivity contribution in [2.24, 2.45) is 0 Å². The van der Waals surface area contributed by atoms with Gasteiger partial charge in [0.05, 0.1) is 18.9 Å². The maximum atomic E-state index is 11.9. The molecule has 2 aromatic rings. The third kappa shape index (κ3) is 2.46. The minimum atomic E-state index is -0.359. The molecular weight excluding hydrogens is 266 g/mol. The molecule has 100 valence electrons. The molecule has 3 rings (SSSR count). The van der Waals surface area contributed by atoms with Crippen LogP contribution in [0.15, 0.2) is 10.6 Å². The van der Waals surface area contributed by atoms with Crippen LogP contribution in [0.4, 0.5) is 5.13 Å². The highest BCUT2D eigenvalue weighted by Gasteiger charge is 2.19. The fraction of sp³-hybridized carbons (Fsp3) is 0.417. The van der Waals surface area contributed by atoms with E-state index in [2.05, 4.69) is 15.5 Å². The molecule has 0 bridgehead atoms. The fourth-order valence-corrected chi connectivity index (χ4v) is 3.07. The molecule has 19 heavy (non-hydrogen) atoms. The van der Waals surface area contributed by atoms with Crippen LogP contribution in [0.5, 0.6) is 5.88 Å². The summed E-state index contributed by atoms with van der Waals surface area (Å²) in [6, 6.07) is 1.45. The summed E-state index contributed by atoms with van der Waals surface area (Å²) < 4.78 is 9.75. The van der Waals surface area contributed by atoms with E-state index in [1.807, 2.05) is 0 Å². The molecule has 0 unspecified atom stereocenters. The van der Waals surface area contributed by atoms with E-state index in [9.17, 15) is 4.79 Å². The Balaban J connectivity index is 1.73. The number of carbonyl (C=O) groups excluding carboxylic acids is 1. The Hall–Kier alpha value is -1.89. The number of methoxy groups -OCH3 is 1. The summed E-state index contributed by atoms with van der Waals surface area (Å²) in [7, 11) is 1.47. The summed E-state index contributed by atoms with van der Waals surface area (Å²) in [4.78, 5) is 17.6. The Morgan fingerprint density at radius 3 is 3.05 bits per heavy atom. The fourth-order valence-electron chi connectivity index (χ4n) is 2.03. The van der Waals surface area contributed by atoms with Crippen molar-refractivity contribution < 1.29 is 14.1 Å². The Bertz CT molecular complexity index is 582. The average Bonchev–Trinajstić information content (AvgIpc) is 3.04. The van der Waals surface area contributed by atoms with Gasteiger partial charge < -0.3 is 9.26 Å². The minimum absolute atomic E-state index is 0.116. The van der Waals surface area contributed by atoms with Crippen LogP contribution in [-0.2, 0) is 12.8 Å². The van der Waals surface area contributed by atoms with Crippen molar-refractivity contribution in [3.8, 4) is 5.88 Å². The number of hydrogen-bond donors (Lipinski definition) is 1. The van der Waals surface area contributed by atoms with Crippen molar-refractivity contribution in [1.82, 2.24) is 10.1 Å². The third-order valence-corrected chi connectivity index (χ3v) is 4.06. The van der Waals surface area contributed by atoms with Crippen molar-refractivity contribution in [1.29, 1.82) is 0 Å². The van der Waals surface area contributed by atoms with Gasteiger partial charge in [-0.25, -0.2) is 4.98 Å². The summed E-state index contributed by atoms with van der Waals surface area (Å²) in [5, 5.41) is 6.94.